The van der Waals surface area contributed by atoms with Crippen LogP contribution < -0.4 is 0 Å². The normalized spacial score (nSPS) is 11.5. The molecular formula is C18H18F3NO3. The van der Waals surface area contributed by atoms with Crippen LogP contribution in [0.15, 0.2) is 41.0 Å². The Kier molecular flexibility index (Phi) is 6.50. The van der Waals surface area contributed by atoms with Crippen molar-refractivity contribution in [2.24, 2.45) is 0 Å². The van der Waals surface area contributed by atoms with Gasteiger partial charge in [-0.3, -0.25) is 9.59 Å². The van der Waals surface area contributed by atoms with Crippen molar-refractivity contribution in [1.82, 2.24) is 4.98 Å². The van der Waals surface area contributed by atoms with Crippen molar-refractivity contribution in [2.75, 3.05) is 0 Å². The number of hydrogen-bond acceptors (Lipinski definition) is 4. The van der Waals surface area contributed by atoms with Crippen molar-refractivity contribution < 1.29 is 27.2 Å². The van der Waals surface area contributed by atoms with E-state index in [0.29, 0.717) is 19.1 Å². The highest BCUT2D eigenvalue weighted by molar-refractivity contribution is 5.98. The molecule has 0 saturated carbocycles. The van der Waals surface area contributed by atoms with Gasteiger partial charge in [-0.25, -0.2) is 4.98 Å². The minimum Gasteiger partial charge on any atom is -0.448 e. The standard InChI is InChI=1S/C18H18F3NO3/c19-18(20,21)17(24)15-12-25-16(22-15)11-14(23)10-6-2-5-9-13-7-3-1-4-8-13/h1,3-4,7-8,12H,2,5-6,9-11H2. The minimum absolute atomic E-state index is 0.165. The Hall–Kier alpha value is -2.44. The Bertz CT molecular complexity index is 708. The van der Waals surface area contributed by atoms with Crippen LogP contribution in [0, 0.1) is 0 Å². The number of oxazole rings is 1. The van der Waals surface area contributed by atoms with Crippen molar-refractivity contribution in [3.63, 3.8) is 0 Å². The molecule has 0 amide bonds. The van der Waals surface area contributed by atoms with Gasteiger partial charge in [0.05, 0.1) is 6.42 Å². The summed E-state index contributed by atoms with van der Waals surface area (Å²) >= 11 is 0. The molecule has 7 heteroatoms. The van der Waals surface area contributed by atoms with Crippen molar-refractivity contribution >= 4 is 11.6 Å². The lowest BCUT2D eigenvalue weighted by molar-refractivity contribution is -0.118. The second kappa shape index (κ2) is 8.60. The predicted octanol–water partition coefficient (Wildman–Crippen LogP) is 4.33. The van der Waals surface area contributed by atoms with Gasteiger partial charge in [-0.2, -0.15) is 13.2 Å². The highest BCUT2D eigenvalue weighted by atomic mass is 19.4. The Morgan fingerprint density at radius 1 is 1.04 bits per heavy atom. The third-order valence-corrected chi connectivity index (χ3v) is 3.65. The van der Waals surface area contributed by atoms with E-state index in [1.165, 1.54) is 5.56 Å². The first-order valence-electron chi connectivity index (χ1n) is 7.98. The molecule has 0 radical (unpaired) electrons. The molecule has 4 nitrogen and oxygen atoms in total. The number of aromatic nitrogens is 1. The number of Topliss-reactive ketones (excluding diaryl/α,β-unsaturated/α-hetero) is 2. The second-order valence-electron chi connectivity index (χ2n) is 5.72. The highest BCUT2D eigenvalue weighted by Crippen LogP contribution is 2.21. The molecule has 2 rings (SSSR count). The first-order valence-corrected chi connectivity index (χ1v) is 7.98. The first-order chi connectivity index (χ1) is 11.9. The molecule has 0 saturated heterocycles. The van der Waals surface area contributed by atoms with Gasteiger partial charge in [0.15, 0.2) is 5.69 Å². The van der Waals surface area contributed by atoms with E-state index in [4.69, 9.17) is 4.42 Å². The van der Waals surface area contributed by atoms with E-state index in [1.54, 1.807) is 0 Å². The molecule has 0 aliphatic rings. The fourth-order valence-corrected chi connectivity index (χ4v) is 2.37. The van der Waals surface area contributed by atoms with Gasteiger partial charge in [-0.05, 0) is 24.8 Å². The number of halogens is 3. The number of alkyl halides is 3. The smallest absolute Gasteiger partial charge is 0.448 e. The third kappa shape index (κ3) is 6.17. The Labute approximate surface area is 143 Å². The van der Waals surface area contributed by atoms with Crippen LogP contribution in [0.1, 0.15) is 47.6 Å². The van der Waals surface area contributed by atoms with E-state index in [9.17, 15) is 22.8 Å². The summed E-state index contributed by atoms with van der Waals surface area (Å²) in [6.07, 6.45) is -0.790. The summed E-state index contributed by atoms with van der Waals surface area (Å²) < 4.78 is 41.6. The molecule has 0 N–H and O–H groups in total. The van der Waals surface area contributed by atoms with E-state index in [2.05, 4.69) is 4.98 Å². The molecule has 0 atom stereocenters. The topological polar surface area (TPSA) is 60.2 Å². The molecule has 1 aromatic carbocycles. The fraction of sp³-hybridized carbons (Fsp3) is 0.389. The lowest BCUT2D eigenvalue weighted by Crippen LogP contribution is -2.23. The lowest BCUT2D eigenvalue weighted by atomic mass is 10.0. The van der Waals surface area contributed by atoms with Crippen LogP contribution in [0.3, 0.4) is 0 Å². The van der Waals surface area contributed by atoms with E-state index in [0.717, 1.165) is 19.3 Å². The van der Waals surface area contributed by atoms with E-state index < -0.39 is 17.7 Å². The molecule has 25 heavy (non-hydrogen) atoms. The fourth-order valence-electron chi connectivity index (χ4n) is 2.37. The third-order valence-electron chi connectivity index (χ3n) is 3.65. The van der Waals surface area contributed by atoms with Crippen LogP contribution in [0.5, 0.6) is 0 Å². The van der Waals surface area contributed by atoms with Crippen LogP contribution in [-0.2, 0) is 17.6 Å². The maximum atomic E-state index is 12.3. The van der Waals surface area contributed by atoms with Gasteiger partial charge in [0.1, 0.15) is 12.0 Å². The molecule has 0 spiro atoms. The Morgan fingerprint density at radius 2 is 1.76 bits per heavy atom. The van der Waals surface area contributed by atoms with Gasteiger partial charge >= 0.3 is 6.18 Å². The molecule has 1 aromatic heterocycles. The number of nitrogens with zero attached hydrogens (tertiary/aromatic N) is 1. The summed E-state index contributed by atoms with van der Waals surface area (Å²) in [6.45, 7) is 0. The van der Waals surface area contributed by atoms with Crippen molar-refractivity contribution in [3.8, 4) is 0 Å². The molecule has 0 fully saturated rings. The Balaban J connectivity index is 1.68. The zero-order valence-corrected chi connectivity index (χ0v) is 13.5. The van der Waals surface area contributed by atoms with E-state index in [1.807, 2.05) is 30.3 Å². The quantitative estimate of drug-likeness (QED) is 0.497. The molecule has 0 aliphatic carbocycles. The zero-order chi connectivity index (χ0) is 18.3. The monoisotopic (exact) mass is 353 g/mol. The van der Waals surface area contributed by atoms with Crippen molar-refractivity contribution in [1.29, 1.82) is 0 Å². The van der Waals surface area contributed by atoms with E-state index in [-0.39, 0.29) is 18.1 Å². The number of carbonyl (C=O) groups excluding carboxylic acids is 2. The van der Waals surface area contributed by atoms with Gasteiger partial charge < -0.3 is 4.42 Å². The van der Waals surface area contributed by atoms with Gasteiger partial charge in [-0.1, -0.05) is 36.8 Å². The van der Waals surface area contributed by atoms with Gasteiger partial charge in [0.25, 0.3) is 5.78 Å². The predicted molar refractivity (Wildman–Crippen MR) is 84.2 cm³/mol. The zero-order valence-electron chi connectivity index (χ0n) is 13.5. The molecule has 134 valence electrons. The average Bonchev–Trinajstić information content (AvgIpc) is 3.02. The number of unbranched alkanes of at least 4 members (excludes halogenated alkanes) is 2. The highest BCUT2D eigenvalue weighted by Gasteiger charge is 2.41. The van der Waals surface area contributed by atoms with Gasteiger partial charge in [0, 0.05) is 6.42 Å². The maximum absolute atomic E-state index is 12.3. The molecule has 0 aliphatic heterocycles. The molecule has 0 unspecified atom stereocenters. The van der Waals surface area contributed by atoms with E-state index >= 15 is 0 Å². The summed E-state index contributed by atoms with van der Waals surface area (Å²) in [5.74, 6) is -2.41. The molecule has 2 aromatic rings. The van der Waals surface area contributed by atoms with Crippen LogP contribution in [0.2, 0.25) is 0 Å². The summed E-state index contributed by atoms with van der Waals surface area (Å²) in [6, 6.07) is 10.0. The van der Waals surface area contributed by atoms with Gasteiger partial charge in [0.2, 0.25) is 5.89 Å². The second-order valence-corrected chi connectivity index (χ2v) is 5.72. The minimum atomic E-state index is -5.00. The van der Waals surface area contributed by atoms with Crippen molar-refractivity contribution in [3.05, 3.63) is 53.7 Å². The summed E-state index contributed by atoms with van der Waals surface area (Å²) in [5.41, 5.74) is 0.425. The summed E-state index contributed by atoms with van der Waals surface area (Å²) in [4.78, 5) is 26.3. The number of hydrogen-bond donors (Lipinski definition) is 0. The molecule has 0 bridgehead atoms. The molecule has 1 heterocycles. The van der Waals surface area contributed by atoms with Crippen LogP contribution >= 0.6 is 0 Å². The SMILES string of the molecule is O=C(CCCCCc1ccccc1)Cc1nc(C(=O)C(F)(F)F)co1. The largest absolute Gasteiger partial charge is 0.456 e. The molecular weight excluding hydrogens is 335 g/mol. The van der Waals surface area contributed by atoms with Crippen LogP contribution in [-0.4, -0.2) is 22.7 Å². The number of carbonyl (C=O) groups is 2. The van der Waals surface area contributed by atoms with Crippen LogP contribution in [0.25, 0.3) is 0 Å². The first kappa shape index (κ1) is 18.9. The number of ketones is 2. The van der Waals surface area contributed by atoms with Crippen LogP contribution in [0.4, 0.5) is 13.2 Å². The lowest BCUT2D eigenvalue weighted by Gasteiger charge is -2.01. The number of aryl methyl sites for hydroxylation is 1. The van der Waals surface area contributed by atoms with Gasteiger partial charge in [-0.15, -0.1) is 0 Å². The van der Waals surface area contributed by atoms with Crippen molar-refractivity contribution in [2.45, 2.75) is 44.7 Å². The average molecular weight is 353 g/mol. The number of benzene rings is 1. The summed E-state index contributed by atoms with van der Waals surface area (Å²) in [7, 11) is 0. The maximum Gasteiger partial charge on any atom is 0.456 e. The Morgan fingerprint density at radius 3 is 2.44 bits per heavy atom. The summed E-state index contributed by atoms with van der Waals surface area (Å²) in [5, 5.41) is 0. The number of rotatable bonds is 9.